The maximum absolute atomic E-state index is 13.0. The Morgan fingerprint density at radius 2 is 1.53 bits per heavy atom. The summed E-state index contributed by atoms with van der Waals surface area (Å²) in [6.07, 6.45) is 0. The monoisotopic (exact) mass is 258 g/mol. The first-order valence-corrected chi connectivity index (χ1v) is 5.94. The van der Waals surface area contributed by atoms with Crippen LogP contribution in [0.2, 0.25) is 0 Å². The minimum atomic E-state index is -0.616. The van der Waals surface area contributed by atoms with Crippen LogP contribution in [0.3, 0.4) is 0 Å². The average molecular weight is 258 g/mol. The highest BCUT2D eigenvalue weighted by atomic mass is 19.1. The number of halogens is 1. The smallest absolute Gasteiger partial charge is 0.312 e. The molecule has 0 aliphatic rings. The minimum absolute atomic E-state index is 0.314. The fraction of sp³-hybridized carbons (Fsp3) is 0.133. The summed E-state index contributed by atoms with van der Waals surface area (Å²) in [5.41, 5.74) is 8.01. The maximum atomic E-state index is 13.0. The third-order valence-corrected chi connectivity index (χ3v) is 2.90. The predicted octanol–water partition coefficient (Wildman–Crippen LogP) is 2.89. The Morgan fingerprint density at radius 1 is 1.05 bits per heavy atom. The minimum Gasteiger partial charge on any atom is -0.352 e. The standard InChI is InChI=1S/C15H15FN2O/c1-10-2-4-11(5-3-10)14(18-15(17)19)12-6-8-13(16)9-7-12/h2-9,14H,1H3,(H3,17,18,19). The van der Waals surface area contributed by atoms with Crippen LogP contribution in [0.15, 0.2) is 48.5 Å². The van der Waals surface area contributed by atoms with Crippen molar-refractivity contribution in [2.45, 2.75) is 13.0 Å². The van der Waals surface area contributed by atoms with Crippen LogP contribution in [0, 0.1) is 12.7 Å². The predicted molar refractivity (Wildman–Crippen MR) is 72.1 cm³/mol. The highest BCUT2D eigenvalue weighted by molar-refractivity contribution is 5.72. The number of carbonyl (C=O) groups is 1. The number of urea groups is 1. The van der Waals surface area contributed by atoms with E-state index in [1.54, 1.807) is 12.1 Å². The third kappa shape index (κ3) is 3.31. The molecule has 0 saturated heterocycles. The molecular formula is C15H15FN2O. The SMILES string of the molecule is Cc1ccc(C(NC(N)=O)c2ccc(F)cc2)cc1. The van der Waals surface area contributed by atoms with Gasteiger partial charge < -0.3 is 11.1 Å². The normalized spacial score (nSPS) is 11.9. The summed E-state index contributed by atoms with van der Waals surface area (Å²) < 4.78 is 13.0. The molecule has 0 saturated carbocycles. The van der Waals surface area contributed by atoms with E-state index in [0.717, 1.165) is 16.7 Å². The van der Waals surface area contributed by atoms with E-state index < -0.39 is 6.03 Å². The molecular weight excluding hydrogens is 243 g/mol. The molecule has 19 heavy (non-hydrogen) atoms. The summed E-state index contributed by atoms with van der Waals surface area (Å²) in [5.74, 6) is -0.314. The number of nitrogens with one attached hydrogen (secondary N) is 1. The van der Waals surface area contributed by atoms with Gasteiger partial charge in [0.2, 0.25) is 0 Å². The van der Waals surface area contributed by atoms with Crippen molar-refractivity contribution in [1.29, 1.82) is 0 Å². The van der Waals surface area contributed by atoms with Crippen molar-refractivity contribution in [1.82, 2.24) is 5.32 Å². The molecule has 2 amide bonds. The van der Waals surface area contributed by atoms with Gasteiger partial charge in [0.1, 0.15) is 5.82 Å². The van der Waals surface area contributed by atoms with Crippen LogP contribution in [0.1, 0.15) is 22.7 Å². The zero-order chi connectivity index (χ0) is 13.8. The lowest BCUT2D eigenvalue weighted by atomic mass is 9.98. The highest BCUT2D eigenvalue weighted by Gasteiger charge is 2.15. The summed E-state index contributed by atoms with van der Waals surface area (Å²) in [6.45, 7) is 1.98. The molecule has 0 aromatic heterocycles. The van der Waals surface area contributed by atoms with Gasteiger partial charge in [0.05, 0.1) is 6.04 Å². The van der Waals surface area contributed by atoms with Crippen molar-refractivity contribution in [2.75, 3.05) is 0 Å². The molecule has 2 aromatic rings. The molecule has 0 aliphatic heterocycles. The van der Waals surface area contributed by atoms with E-state index in [1.165, 1.54) is 12.1 Å². The van der Waals surface area contributed by atoms with Gasteiger partial charge in [-0.25, -0.2) is 9.18 Å². The summed E-state index contributed by atoms with van der Waals surface area (Å²) in [4.78, 5) is 11.1. The number of hydrogen-bond acceptors (Lipinski definition) is 1. The fourth-order valence-electron chi connectivity index (χ4n) is 1.92. The second-order valence-electron chi connectivity index (χ2n) is 4.40. The Labute approximate surface area is 111 Å². The second kappa shape index (κ2) is 5.52. The molecule has 3 nitrogen and oxygen atoms in total. The maximum Gasteiger partial charge on any atom is 0.312 e. The van der Waals surface area contributed by atoms with E-state index in [-0.39, 0.29) is 11.9 Å². The van der Waals surface area contributed by atoms with E-state index in [4.69, 9.17) is 5.73 Å². The van der Waals surface area contributed by atoms with Gasteiger partial charge in [0.15, 0.2) is 0 Å². The molecule has 2 rings (SSSR count). The number of primary amides is 1. The molecule has 4 heteroatoms. The highest BCUT2D eigenvalue weighted by Crippen LogP contribution is 2.22. The topological polar surface area (TPSA) is 55.1 Å². The summed E-state index contributed by atoms with van der Waals surface area (Å²) in [7, 11) is 0. The molecule has 1 unspecified atom stereocenters. The van der Waals surface area contributed by atoms with E-state index in [0.29, 0.717) is 0 Å². The van der Waals surface area contributed by atoms with Crippen molar-refractivity contribution in [2.24, 2.45) is 5.73 Å². The quantitative estimate of drug-likeness (QED) is 0.873. The molecule has 0 bridgehead atoms. The van der Waals surface area contributed by atoms with Crippen molar-refractivity contribution in [3.63, 3.8) is 0 Å². The number of amides is 2. The van der Waals surface area contributed by atoms with Gasteiger partial charge in [-0.1, -0.05) is 42.0 Å². The van der Waals surface area contributed by atoms with Crippen LogP contribution < -0.4 is 11.1 Å². The lowest BCUT2D eigenvalue weighted by molar-refractivity contribution is 0.247. The van der Waals surface area contributed by atoms with Crippen molar-refractivity contribution >= 4 is 6.03 Å². The van der Waals surface area contributed by atoms with Crippen LogP contribution in [-0.2, 0) is 0 Å². The van der Waals surface area contributed by atoms with Crippen molar-refractivity contribution in [3.8, 4) is 0 Å². The largest absolute Gasteiger partial charge is 0.352 e. The number of hydrogen-bond donors (Lipinski definition) is 2. The van der Waals surface area contributed by atoms with Crippen LogP contribution in [0.4, 0.5) is 9.18 Å². The first kappa shape index (κ1) is 13.1. The molecule has 0 radical (unpaired) electrons. The van der Waals surface area contributed by atoms with E-state index >= 15 is 0 Å². The van der Waals surface area contributed by atoms with E-state index in [9.17, 15) is 9.18 Å². The molecule has 98 valence electrons. The zero-order valence-electron chi connectivity index (χ0n) is 10.6. The summed E-state index contributed by atoms with van der Waals surface area (Å²) >= 11 is 0. The first-order valence-electron chi connectivity index (χ1n) is 5.94. The zero-order valence-corrected chi connectivity index (χ0v) is 10.6. The lowest BCUT2D eigenvalue weighted by Crippen LogP contribution is -2.33. The molecule has 1 atom stereocenters. The third-order valence-electron chi connectivity index (χ3n) is 2.90. The first-order chi connectivity index (χ1) is 9.06. The Balaban J connectivity index is 2.37. The number of benzene rings is 2. The Kier molecular flexibility index (Phi) is 3.80. The van der Waals surface area contributed by atoms with Gasteiger partial charge >= 0.3 is 6.03 Å². The summed E-state index contributed by atoms with van der Waals surface area (Å²) in [5, 5.41) is 2.67. The number of aryl methyl sites for hydroxylation is 1. The van der Waals surface area contributed by atoms with E-state index in [2.05, 4.69) is 5.32 Å². The van der Waals surface area contributed by atoms with Gasteiger partial charge in [0, 0.05) is 0 Å². The molecule has 0 fully saturated rings. The number of nitrogens with two attached hydrogens (primary N) is 1. The van der Waals surface area contributed by atoms with Gasteiger partial charge in [-0.3, -0.25) is 0 Å². The summed E-state index contributed by atoms with van der Waals surface area (Å²) in [6, 6.07) is 12.7. The van der Waals surface area contributed by atoms with Crippen LogP contribution >= 0.6 is 0 Å². The molecule has 0 spiro atoms. The van der Waals surface area contributed by atoms with Crippen LogP contribution in [0.25, 0.3) is 0 Å². The van der Waals surface area contributed by atoms with Crippen molar-refractivity contribution < 1.29 is 9.18 Å². The Bertz CT molecular complexity index is 518. The van der Waals surface area contributed by atoms with Gasteiger partial charge in [-0.2, -0.15) is 0 Å². The van der Waals surface area contributed by atoms with Crippen LogP contribution in [0.5, 0.6) is 0 Å². The van der Waals surface area contributed by atoms with Gasteiger partial charge in [-0.05, 0) is 30.2 Å². The molecule has 3 N–H and O–H groups in total. The Morgan fingerprint density at radius 3 is 2.00 bits per heavy atom. The van der Waals surface area contributed by atoms with Crippen LogP contribution in [-0.4, -0.2) is 6.03 Å². The number of rotatable bonds is 3. The lowest BCUT2D eigenvalue weighted by Gasteiger charge is -2.18. The molecule has 0 aliphatic carbocycles. The van der Waals surface area contributed by atoms with E-state index in [1.807, 2.05) is 31.2 Å². The van der Waals surface area contributed by atoms with Crippen molar-refractivity contribution in [3.05, 3.63) is 71.0 Å². The molecule has 0 heterocycles. The molecule has 2 aromatic carbocycles. The average Bonchev–Trinajstić information content (AvgIpc) is 2.38. The van der Waals surface area contributed by atoms with Gasteiger partial charge in [0.25, 0.3) is 0 Å². The Hall–Kier alpha value is -2.36. The fourth-order valence-corrected chi connectivity index (χ4v) is 1.92. The second-order valence-corrected chi connectivity index (χ2v) is 4.40. The van der Waals surface area contributed by atoms with Gasteiger partial charge in [-0.15, -0.1) is 0 Å². The number of carbonyl (C=O) groups excluding carboxylic acids is 1.